The largest absolute Gasteiger partial charge is 0.495 e. The predicted octanol–water partition coefficient (Wildman–Crippen LogP) is 3.71. The highest BCUT2D eigenvalue weighted by atomic mass is 16.5. The van der Waals surface area contributed by atoms with E-state index in [9.17, 15) is 9.59 Å². The van der Waals surface area contributed by atoms with Gasteiger partial charge in [0.25, 0.3) is 5.91 Å². The smallest absolute Gasteiger partial charge is 0.251 e. The summed E-state index contributed by atoms with van der Waals surface area (Å²) in [5.41, 5.74) is 3.20. The van der Waals surface area contributed by atoms with Crippen LogP contribution in [-0.4, -0.2) is 25.0 Å². The summed E-state index contributed by atoms with van der Waals surface area (Å²) in [6, 6.07) is 12.2. The molecule has 0 fully saturated rings. The Hall–Kier alpha value is -2.82. The molecule has 5 nitrogen and oxygen atoms in total. The minimum absolute atomic E-state index is 0.0693. The van der Waals surface area contributed by atoms with E-state index in [2.05, 4.69) is 10.6 Å². The van der Waals surface area contributed by atoms with Crippen LogP contribution in [0.15, 0.2) is 42.5 Å². The Bertz CT molecular complexity index is 782. The number of aryl methyl sites for hydroxylation is 2. The fourth-order valence-corrected chi connectivity index (χ4v) is 2.59. The number of hydrogen-bond donors (Lipinski definition) is 2. The van der Waals surface area contributed by atoms with E-state index in [1.165, 1.54) is 0 Å². The first kappa shape index (κ1) is 19.5. The van der Waals surface area contributed by atoms with Gasteiger partial charge in [0.15, 0.2) is 0 Å². The van der Waals surface area contributed by atoms with E-state index in [1.54, 1.807) is 25.3 Å². The molecular weight excluding hydrogens is 328 g/mol. The van der Waals surface area contributed by atoms with Crippen molar-refractivity contribution in [1.82, 2.24) is 5.32 Å². The number of anilines is 1. The zero-order valence-corrected chi connectivity index (χ0v) is 15.9. The van der Waals surface area contributed by atoms with E-state index in [4.69, 9.17) is 4.74 Å². The van der Waals surface area contributed by atoms with Gasteiger partial charge in [0.05, 0.1) is 12.8 Å². The lowest BCUT2D eigenvalue weighted by molar-refractivity contribution is -0.118. The van der Waals surface area contributed by atoms with Gasteiger partial charge in [0, 0.05) is 5.56 Å². The lowest BCUT2D eigenvalue weighted by atomic mass is 10.0. The highest BCUT2D eigenvalue weighted by Crippen LogP contribution is 2.25. The number of methoxy groups -OCH3 is 1. The van der Waals surface area contributed by atoms with Gasteiger partial charge in [-0.3, -0.25) is 9.59 Å². The Labute approximate surface area is 154 Å². The Morgan fingerprint density at radius 1 is 0.962 bits per heavy atom. The van der Waals surface area contributed by atoms with Gasteiger partial charge in [0.2, 0.25) is 5.91 Å². The van der Waals surface area contributed by atoms with E-state index in [0.29, 0.717) is 17.0 Å². The van der Waals surface area contributed by atoms with Gasteiger partial charge in [-0.15, -0.1) is 0 Å². The van der Waals surface area contributed by atoms with Gasteiger partial charge >= 0.3 is 0 Å². The second-order valence-electron chi connectivity index (χ2n) is 6.75. The maximum Gasteiger partial charge on any atom is 0.251 e. The normalized spacial score (nSPS) is 11.8. The molecule has 0 aliphatic rings. The Balaban J connectivity index is 2.16. The van der Waals surface area contributed by atoms with Gasteiger partial charge in [-0.25, -0.2) is 0 Å². The van der Waals surface area contributed by atoms with Gasteiger partial charge < -0.3 is 15.4 Å². The maximum absolute atomic E-state index is 12.8. The highest BCUT2D eigenvalue weighted by Gasteiger charge is 2.25. The van der Waals surface area contributed by atoms with Crippen molar-refractivity contribution in [2.24, 2.45) is 5.92 Å². The molecule has 0 aliphatic carbocycles. The minimum atomic E-state index is -0.658. The number of carbonyl (C=O) groups excluding carboxylic acids is 2. The standard InChI is InChI=1S/C21H26N2O3/c1-13(2)19(23-20(24)16-9-6-14(3)7-10-16)21(25)22-17-12-15(4)8-11-18(17)26-5/h6-13,19H,1-5H3,(H,22,25)(H,23,24)/t19-/m1/s1. The number of benzene rings is 2. The summed E-state index contributed by atoms with van der Waals surface area (Å²) < 4.78 is 5.30. The van der Waals surface area contributed by atoms with Crippen LogP contribution >= 0.6 is 0 Å². The summed E-state index contributed by atoms with van der Waals surface area (Å²) in [4.78, 5) is 25.3. The fourth-order valence-electron chi connectivity index (χ4n) is 2.59. The molecule has 0 unspecified atom stereocenters. The molecule has 2 aromatic rings. The topological polar surface area (TPSA) is 67.4 Å². The molecule has 0 saturated heterocycles. The van der Waals surface area contributed by atoms with Crippen LogP contribution in [0.3, 0.4) is 0 Å². The number of carbonyl (C=O) groups is 2. The van der Waals surface area contributed by atoms with Gasteiger partial charge in [-0.05, 0) is 49.6 Å². The molecule has 2 N–H and O–H groups in total. The quantitative estimate of drug-likeness (QED) is 0.831. The molecule has 2 aromatic carbocycles. The van der Waals surface area contributed by atoms with Crippen molar-refractivity contribution in [2.45, 2.75) is 33.7 Å². The van der Waals surface area contributed by atoms with Crippen LogP contribution in [0.1, 0.15) is 35.3 Å². The molecule has 1 atom stereocenters. The third-order valence-corrected chi connectivity index (χ3v) is 4.16. The van der Waals surface area contributed by atoms with E-state index < -0.39 is 6.04 Å². The number of amides is 2. The fraction of sp³-hybridized carbons (Fsp3) is 0.333. The SMILES string of the molecule is COc1ccc(C)cc1NC(=O)[C@H](NC(=O)c1ccc(C)cc1)C(C)C. The number of nitrogens with one attached hydrogen (secondary N) is 2. The molecular formula is C21H26N2O3. The molecule has 138 valence electrons. The zero-order chi connectivity index (χ0) is 19.3. The number of ether oxygens (including phenoxy) is 1. The minimum Gasteiger partial charge on any atom is -0.495 e. The summed E-state index contributed by atoms with van der Waals surface area (Å²) >= 11 is 0. The maximum atomic E-state index is 12.8. The Kier molecular flexibility index (Phi) is 6.39. The molecule has 0 bridgehead atoms. The van der Waals surface area contributed by atoms with Crippen molar-refractivity contribution in [1.29, 1.82) is 0 Å². The van der Waals surface area contributed by atoms with Crippen LogP contribution in [-0.2, 0) is 4.79 Å². The average molecular weight is 354 g/mol. The van der Waals surface area contributed by atoms with E-state index in [1.807, 2.05) is 52.0 Å². The van der Waals surface area contributed by atoms with Crippen LogP contribution in [0, 0.1) is 19.8 Å². The molecule has 5 heteroatoms. The second-order valence-corrected chi connectivity index (χ2v) is 6.75. The monoisotopic (exact) mass is 354 g/mol. The van der Waals surface area contributed by atoms with Crippen LogP contribution in [0.4, 0.5) is 5.69 Å². The number of rotatable bonds is 6. The first-order valence-corrected chi connectivity index (χ1v) is 8.65. The van der Waals surface area contributed by atoms with E-state index in [0.717, 1.165) is 11.1 Å². The van der Waals surface area contributed by atoms with Crippen LogP contribution in [0.5, 0.6) is 5.75 Å². The van der Waals surface area contributed by atoms with Gasteiger partial charge in [-0.1, -0.05) is 37.6 Å². The third kappa shape index (κ3) is 4.85. The van der Waals surface area contributed by atoms with Crippen molar-refractivity contribution in [3.63, 3.8) is 0 Å². The lowest BCUT2D eigenvalue weighted by Crippen LogP contribution is -2.47. The van der Waals surface area contributed by atoms with Crippen molar-refractivity contribution >= 4 is 17.5 Å². The van der Waals surface area contributed by atoms with Gasteiger partial charge in [-0.2, -0.15) is 0 Å². The Morgan fingerprint density at radius 3 is 2.15 bits per heavy atom. The van der Waals surface area contributed by atoms with Crippen molar-refractivity contribution < 1.29 is 14.3 Å². The van der Waals surface area contributed by atoms with Gasteiger partial charge in [0.1, 0.15) is 11.8 Å². The van der Waals surface area contributed by atoms with Crippen LogP contribution in [0.2, 0.25) is 0 Å². The predicted molar refractivity (Wildman–Crippen MR) is 104 cm³/mol. The molecule has 0 heterocycles. The van der Waals surface area contributed by atoms with Crippen molar-refractivity contribution in [2.75, 3.05) is 12.4 Å². The molecule has 0 spiro atoms. The summed E-state index contributed by atoms with van der Waals surface area (Å²) in [5.74, 6) is -0.0315. The molecule has 0 aromatic heterocycles. The van der Waals surface area contributed by atoms with E-state index >= 15 is 0 Å². The zero-order valence-electron chi connectivity index (χ0n) is 15.9. The molecule has 0 radical (unpaired) electrons. The number of hydrogen-bond acceptors (Lipinski definition) is 3. The third-order valence-electron chi connectivity index (χ3n) is 4.16. The Morgan fingerprint density at radius 2 is 1.58 bits per heavy atom. The molecule has 2 rings (SSSR count). The summed E-state index contributed by atoms with van der Waals surface area (Å²) in [6.45, 7) is 7.69. The second kappa shape index (κ2) is 8.52. The van der Waals surface area contributed by atoms with Crippen molar-refractivity contribution in [3.8, 4) is 5.75 Å². The highest BCUT2D eigenvalue weighted by molar-refractivity contribution is 6.01. The summed E-state index contributed by atoms with van der Waals surface area (Å²) in [5, 5.41) is 5.70. The lowest BCUT2D eigenvalue weighted by Gasteiger charge is -2.22. The first-order chi connectivity index (χ1) is 12.3. The molecule has 0 aliphatic heterocycles. The molecule has 2 amide bonds. The summed E-state index contributed by atoms with van der Waals surface area (Å²) in [7, 11) is 1.55. The van der Waals surface area contributed by atoms with E-state index in [-0.39, 0.29) is 17.7 Å². The summed E-state index contributed by atoms with van der Waals surface area (Å²) in [6.07, 6.45) is 0. The average Bonchev–Trinajstić information content (AvgIpc) is 2.59. The molecule has 26 heavy (non-hydrogen) atoms. The van der Waals surface area contributed by atoms with Crippen LogP contribution in [0.25, 0.3) is 0 Å². The van der Waals surface area contributed by atoms with Crippen LogP contribution < -0.4 is 15.4 Å². The van der Waals surface area contributed by atoms with Crippen molar-refractivity contribution in [3.05, 3.63) is 59.2 Å². The molecule has 0 saturated carbocycles. The first-order valence-electron chi connectivity index (χ1n) is 8.65.